The predicted octanol–water partition coefficient (Wildman–Crippen LogP) is 6.79. The van der Waals surface area contributed by atoms with Crippen molar-refractivity contribution < 1.29 is 32.4 Å². The highest BCUT2D eigenvalue weighted by Gasteiger charge is 2.69. The van der Waals surface area contributed by atoms with Gasteiger partial charge in [-0.05, 0) is 82.5 Å². The molecule has 2 saturated heterocycles. The van der Waals surface area contributed by atoms with Gasteiger partial charge in [-0.25, -0.2) is 8.42 Å². The molecule has 5 atom stereocenters. The first-order chi connectivity index (χ1) is 23.4. The smallest absolute Gasteiger partial charge is 0.287 e. The quantitative estimate of drug-likeness (QED) is 0.233. The number of nitrogens with zero attached hydrogens (tertiary/aromatic N) is 1. The lowest BCUT2D eigenvalue weighted by Gasteiger charge is -2.49. The molecule has 284 valence electrons. The molecule has 2 heterocycles. The summed E-state index contributed by atoms with van der Waals surface area (Å²) in [7, 11) is -3.53. The van der Waals surface area contributed by atoms with Crippen LogP contribution in [0.2, 0.25) is 0 Å². The molecule has 50 heavy (non-hydrogen) atoms. The molecule has 0 radical (unpaired) electrons. The van der Waals surface area contributed by atoms with Crippen LogP contribution in [0, 0.1) is 34.5 Å². The maximum atomic E-state index is 14.6. The number of carbonyl (C=O) groups is 5. The molecule has 1 N–H and O–H groups in total. The van der Waals surface area contributed by atoms with Crippen LogP contribution in [0.4, 0.5) is 0 Å². The monoisotopic (exact) mass is 718 g/mol. The number of Topliss-reactive ketones (excluding diaryl/α,β-unsaturated/α-hetero) is 3. The van der Waals surface area contributed by atoms with Crippen molar-refractivity contribution in [3.8, 4) is 0 Å². The Morgan fingerprint density at radius 3 is 2.10 bits per heavy atom. The second-order valence-corrected chi connectivity index (χ2v) is 20.7. The summed E-state index contributed by atoms with van der Waals surface area (Å²) in [5, 5.41) is 2.13. The molecular weight excluding hydrogens is 653 g/mol. The van der Waals surface area contributed by atoms with Crippen molar-refractivity contribution in [1.82, 2.24) is 10.2 Å². The maximum absolute atomic E-state index is 14.6. The van der Waals surface area contributed by atoms with Crippen LogP contribution in [0.5, 0.6) is 0 Å². The molecule has 2 saturated carbocycles. The first-order valence-corrected chi connectivity index (χ1v) is 21.4. The van der Waals surface area contributed by atoms with E-state index in [1.54, 1.807) is 32.6 Å². The Bertz CT molecular complexity index is 1380. The van der Waals surface area contributed by atoms with Crippen LogP contribution >= 0.6 is 0 Å². The Balaban J connectivity index is 1.60. The summed E-state index contributed by atoms with van der Waals surface area (Å²) in [5.41, 5.74) is -0.790. The zero-order chi connectivity index (χ0) is 37.1. The van der Waals surface area contributed by atoms with Crippen molar-refractivity contribution in [3.63, 3.8) is 0 Å². The Kier molecular flexibility index (Phi) is 13.2. The Labute approximate surface area is 302 Å². The zero-order valence-electron chi connectivity index (χ0n) is 32.1. The summed E-state index contributed by atoms with van der Waals surface area (Å²) in [6, 6.07) is -0.668. The van der Waals surface area contributed by atoms with Crippen molar-refractivity contribution in [3.05, 3.63) is 0 Å². The van der Waals surface area contributed by atoms with E-state index in [4.69, 9.17) is 0 Å². The van der Waals surface area contributed by atoms with Crippen LogP contribution in [0.15, 0.2) is 0 Å². The van der Waals surface area contributed by atoms with Gasteiger partial charge in [0.05, 0.1) is 16.0 Å². The number of hydrogen-bond acceptors (Lipinski definition) is 7. The lowest BCUT2D eigenvalue weighted by Crippen LogP contribution is -2.54. The van der Waals surface area contributed by atoms with E-state index in [0.717, 1.165) is 57.8 Å². The third-order valence-corrected chi connectivity index (χ3v) is 16.6. The molecule has 0 aromatic carbocycles. The normalized spacial score (nSPS) is 29.4. The SMILES string of the molecule is CCCNC(=O)C(=O)[C@@H]1CCCCCCCC[C@H](CC(=O)CC2(C(C)(C)S(=O)(=O)C(C)C)CCCCC2)C(=O)N2C[C@H]3[C@@H]([C@H]2C(=O)C1)C3(C)C. The van der Waals surface area contributed by atoms with Gasteiger partial charge in [0, 0.05) is 44.2 Å². The summed E-state index contributed by atoms with van der Waals surface area (Å²) in [5.74, 6) is -2.68. The molecule has 9 nitrogen and oxygen atoms in total. The van der Waals surface area contributed by atoms with Crippen LogP contribution in [-0.2, 0) is 33.8 Å². The maximum Gasteiger partial charge on any atom is 0.287 e. The summed E-state index contributed by atoms with van der Waals surface area (Å²) < 4.78 is 26.3. The zero-order valence-corrected chi connectivity index (χ0v) is 32.9. The molecule has 4 fully saturated rings. The first kappa shape index (κ1) is 40.7. The third-order valence-electron chi connectivity index (χ3n) is 13.5. The minimum absolute atomic E-state index is 0.0109. The van der Waals surface area contributed by atoms with E-state index in [9.17, 15) is 32.4 Å². The van der Waals surface area contributed by atoms with Gasteiger partial charge in [0.15, 0.2) is 15.6 Å². The lowest BCUT2D eigenvalue weighted by molar-refractivity contribution is -0.146. The minimum Gasteiger partial charge on any atom is -0.350 e. The molecule has 4 aliphatic rings. The number of piperidine rings is 1. The van der Waals surface area contributed by atoms with Crippen molar-refractivity contribution in [2.75, 3.05) is 13.1 Å². The topological polar surface area (TPSA) is 135 Å². The van der Waals surface area contributed by atoms with Crippen LogP contribution < -0.4 is 5.32 Å². The summed E-state index contributed by atoms with van der Waals surface area (Å²) in [6.45, 7) is 14.1. The van der Waals surface area contributed by atoms with Gasteiger partial charge in [0.2, 0.25) is 11.7 Å². The van der Waals surface area contributed by atoms with Gasteiger partial charge in [-0.1, -0.05) is 78.6 Å². The van der Waals surface area contributed by atoms with Gasteiger partial charge in [-0.3, -0.25) is 24.0 Å². The summed E-state index contributed by atoms with van der Waals surface area (Å²) >= 11 is 0. The number of nitrogens with one attached hydrogen (secondary N) is 1. The molecule has 0 unspecified atom stereocenters. The number of amides is 2. The molecule has 2 amide bonds. The molecule has 0 spiro atoms. The van der Waals surface area contributed by atoms with Crippen LogP contribution in [0.25, 0.3) is 0 Å². The number of ketones is 3. The largest absolute Gasteiger partial charge is 0.350 e. The lowest BCUT2D eigenvalue weighted by atomic mass is 9.63. The van der Waals surface area contributed by atoms with Gasteiger partial charge in [-0.2, -0.15) is 0 Å². The molecule has 0 bridgehead atoms. The Morgan fingerprint density at radius 2 is 1.50 bits per heavy atom. The van der Waals surface area contributed by atoms with E-state index in [1.165, 1.54) is 0 Å². The van der Waals surface area contributed by atoms with Gasteiger partial charge >= 0.3 is 0 Å². The second kappa shape index (κ2) is 16.3. The highest BCUT2D eigenvalue weighted by molar-refractivity contribution is 7.93. The Morgan fingerprint density at radius 1 is 0.920 bits per heavy atom. The fourth-order valence-corrected chi connectivity index (χ4v) is 12.0. The van der Waals surface area contributed by atoms with Gasteiger partial charge in [0.25, 0.3) is 5.91 Å². The molecular formula is C40H66N2O7S. The van der Waals surface area contributed by atoms with Crippen molar-refractivity contribution in [2.24, 2.45) is 34.5 Å². The first-order valence-electron chi connectivity index (χ1n) is 19.8. The average molecular weight is 719 g/mol. The number of fused-ring (bicyclic) bond motifs is 3. The number of carbonyl (C=O) groups excluding carboxylic acids is 5. The van der Waals surface area contributed by atoms with Crippen molar-refractivity contribution in [2.45, 2.75) is 174 Å². The van der Waals surface area contributed by atoms with Gasteiger partial charge in [0.1, 0.15) is 5.78 Å². The fourth-order valence-electron chi connectivity index (χ4n) is 9.95. The average Bonchev–Trinajstić information content (AvgIpc) is 3.37. The van der Waals surface area contributed by atoms with E-state index in [2.05, 4.69) is 19.2 Å². The van der Waals surface area contributed by atoms with E-state index in [1.807, 2.05) is 6.92 Å². The van der Waals surface area contributed by atoms with Crippen LogP contribution in [0.1, 0.15) is 158 Å². The van der Waals surface area contributed by atoms with E-state index in [-0.39, 0.29) is 54.0 Å². The van der Waals surface area contributed by atoms with Crippen LogP contribution in [0.3, 0.4) is 0 Å². The molecule has 2 aliphatic heterocycles. The molecule has 2 aliphatic carbocycles. The second-order valence-electron chi connectivity index (χ2n) is 17.6. The third kappa shape index (κ3) is 8.25. The number of hydrogen-bond donors (Lipinski definition) is 1. The van der Waals surface area contributed by atoms with E-state index in [0.29, 0.717) is 45.2 Å². The summed E-state index contributed by atoms with van der Waals surface area (Å²) in [4.78, 5) is 70.8. The Hall–Kier alpha value is -2.10. The van der Waals surface area contributed by atoms with E-state index < -0.39 is 54.8 Å². The number of sulfone groups is 1. The molecule has 0 aromatic heterocycles. The highest BCUT2D eigenvalue weighted by atomic mass is 32.2. The minimum atomic E-state index is -3.53. The van der Waals surface area contributed by atoms with Crippen LogP contribution in [-0.4, -0.2) is 71.6 Å². The molecule has 10 heteroatoms. The highest BCUT2D eigenvalue weighted by Crippen LogP contribution is 2.65. The fraction of sp³-hybridized carbons (Fsp3) is 0.875. The van der Waals surface area contributed by atoms with Crippen molar-refractivity contribution >= 4 is 39.0 Å². The molecule has 4 rings (SSSR count). The standard InChI is InChI=1S/C40H66N2O7S/c1-8-22-41-36(46)35(45)28-18-14-11-9-10-12-15-19-29(37(47)42-26-31-33(38(31,4)5)34(42)32(44)24-28)23-30(43)25-40(20-16-13-17-21-40)39(6,7)50(48,49)27(2)3/h27-29,31,33-34H,8-26H2,1-7H3,(H,41,46)/t28-,29-,31+,33+,34-/m1/s1. The van der Waals surface area contributed by atoms with Crippen molar-refractivity contribution in [1.29, 1.82) is 0 Å². The van der Waals surface area contributed by atoms with Gasteiger partial charge < -0.3 is 10.2 Å². The number of rotatable bonds is 11. The van der Waals surface area contributed by atoms with Gasteiger partial charge in [-0.15, -0.1) is 0 Å². The van der Waals surface area contributed by atoms with E-state index >= 15 is 0 Å². The summed E-state index contributed by atoms with van der Waals surface area (Å²) in [6.07, 6.45) is 11.3. The predicted molar refractivity (Wildman–Crippen MR) is 196 cm³/mol. The molecule has 0 aromatic rings.